The lowest BCUT2D eigenvalue weighted by Gasteiger charge is -2.08. The average Bonchev–Trinajstić information content (AvgIpc) is 3.19. The largest absolute Gasteiger partial charge is 0.480 e. The molecule has 124 valence electrons. The number of rotatable bonds is 4. The first-order valence-corrected chi connectivity index (χ1v) is 7.98. The summed E-state index contributed by atoms with van der Waals surface area (Å²) in [5, 5.41) is 14.8. The van der Waals surface area contributed by atoms with E-state index in [1.807, 2.05) is 12.1 Å². The number of hydrogen-bond donors (Lipinski definition) is 3. The highest BCUT2D eigenvalue weighted by atomic mass is 35.5. The summed E-state index contributed by atoms with van der Waals surface area (Å²) >= 11 is 7.30. The minimum atomic E-state index is -0.915. The maximum Gasteiger partial charge on any atom is 0.329 e. The fraction of sp³-hybridized carbons (Fsp3) is 0.385. The number of aromatic nitrogens is 2. The van der Waals surface area contributed by atoms with E-state index in [2.05, 4.69) is 29.1 Å². The summed E-state index contributed by atoms with van der Waals surface area (Å²) in [6.45, 7) is 3.67. The van der Waals surface area contributed by atoms with Gasteiger partial charge in [0, 0.05) is 13.2 Å². The van der Waals surface area contributed by atoms with Crippen LogP contribution in [0.1, 0.15) is 6.92 Å². The molecule has 0 saturated heterocycles. The van der Waals surface area contributed by atoms with E-state index in [9.17, 15) is 4.79 Å². The summed E-state index contributed by atoms with van der Waals surface area (Å²) in [4.78, 5) is 13.9. The van der Waals surface area contributed by atoms with Gasteiger partial charge in [-0.05, 0) is 19.1 Å². The molecule has 3 rings (SSSR count). The van der Waals surface area contributed by atoms with Gasteiger partial charge in [0.2, 0.25) is 0 Å². The first-order valence-electron chi connectivity index (χ1n) is 6.87. The Hall–Kier alpha value is -1.97. The molecule has 1 aromatic heterocycles. The summed E-state index contributed by atoms with van der Waals surface area (Å²) in [5.74, 6) is -0.177. The maximum atomic E-state index is 9.63. The lowest BCUT2D eigenvalue weighted by atomic mass is 10.2. The first kappa shape index (κ1) is 17.4. The molecule has 8 nitrogen and oxygen atoms in total. The quantitative estimate of drug-likeness (QED) is 0.765. The van der Waals surface area contributed by atoms with Gasteiger partial charge in [0.05, 0.1) is 29.0 Å². The van der Waals surface area contributed by atoms with Crippen molar-refractivity contribution >= 4 is 52.0 Å². The van der Waals surface area contributed by atoms with Crippen molar-refractivity contribution in [3.63, 3.8) is 0 Å². The van der Waals surface area contributed by atoms with Gasteiger partial charge in [0.15, 0.2) is 5.96 Å². The molecule has 23 heavy (non-hydrogen) atoms. The lowest BCUT2D eigenvalue weighted by Crippen LogP contribution is -2.26. The van der Waals surface area contributed by atoms with E-state index in [0.717, 1.165) is 35.8 Å². The second-order valence-electron chi connectivity index (χ2n) is 4.37. The van der Waals surface area contributed by atoms with Crippen LogP contribution >= 0.6 is 23.3 Å². The van der Waals surface area contributed by atoms with Crippen molar-refractivity contribution < 1.29 is 14.6 Å². The molecule has 1 aliphatic rings. The number of ether oxygens (including phenoxy) is 1. The van der Waals surface area contributed by atoms with Gasteiger partial charge >= 0.3 is 5.97 Å². The van der Waals surface area contributed by atoms with E-state index >= 15 is 0 Å². The van der Waals surface area contributed by atoms with Crippen LogP contribution in [0.15, 0.2) is 17.1 Å². The topological polar surface area (TPSA) is 109 Å². The Morgan fingerprint density at radius 2 is 2.35 bits per heavy atom. The Morgan fingerprint density at radius 3 is 2.96 bits per heavy atom. The van der Waals surface area contributed by atoms with Gasteiger partial charge in [-0.2, -0.15) is 8.75 Å². The van der Waals surface area contributed by atoms with E-state index < -0.39 is 5.97 Å². The molecule has 1 aliphatic heterocycles. The Bertz CT molecular complexity index is 706. The number of carbonyl (C=O) groups is 1. The number of guanidine groups is 1. The molecule has 1 aromatic carbocycles. The number of anilines is 1. The third kappa shape index (κ3) is 5.02. The van der Waals surface area contributed by atoms with Crippen molar-refractivity contribution in [3.8, 4) is 0 Å². The van der Waals surface area contributed by atoms with Crippen LogP contribution < -0.4 is 10.6 Å². The summed E-state index contributed by atoms with van der Waals surface area (Å²) in [6, 6.07) is 3.67. The number of carboxylic acid groups (broad SMARTS) is 1. The predicted octanol–water partition coefficient (Wildman–Crippen LogP) is 1.82. The SMILES string of the molecule is CCOCC(=O)O.Clc1ccc2nsnc2c1NC1=NCCN1. The first-order chi connectivity index (χ1) is 11.1. The molecule has 0 amide bonds. The molecule has 0 fully saturated rings. The summed E-state index contributed by atoms with van der Waals surface area (Å²) in [5.41, 5.74) is 2.39. The maximum absolute atomic E-state index is 9.63. The Morgan fingerprint density at radius 1 is 1.52 bits per heavy atom. The Kier molecular flexibility index (Phi) is 6.51. The van der Waals surface area contributed by atoms with Crippen molar-refractivity contribution in [1.29, 1.82) is 0 Å². The van der Waals surface area contributed by atoms with Gasteiger partial charge in [-0.15, -0.1) is 0 Å². The van der Waals surface area contributed by atoms with Crippen molar-refractivity contribution in [2.24, 2.45) is 4.99 Å². The fourth-order valence-electron chi connectivity index (χ4n) is 1.74. The van der Waals surface area contributed by atoms with E-state index in [1.54, 1.807) is 6.92 Å². The third-order valence-electron chi connectivity index (χ3n) is 2.72. The van der Waals surface area contributed by atoms with E-state index in [-0.39, 0.29) is 6.61 Å². The summed E-state index contributed by atoms with van der Waals surface area (Å²) in [6.07, 6.45) is 0. The summed E-state index contributed by atoms with van der Waals surface area (Å²) in [7, 11) is 0. The van der Waals surface area contributed by atoms with Crippen LogP contribution in [0.4, 0.5) is 5.69 Å². The molecule has 2 aromatic rings. The highest BCUT2D eigenvalue weighted by Gasteiger charge is 2.13. The van der Waals surface area contributed by atoms with Crippen LogP contribution in [0.2, 0.25) is 5.02 Å². The fourth-order valence-corrected chi connectivity index (χ4v) is 2.48. The molecule has 0 saturated carbocycles. The molecule has 3 N–H and O–H groups in total. The number of aliphatic carboxylic acids is 1. The van der Waals surface area contributed by atoms with Crippen LogP contribution in [0.3, 0.4) is 0 Å². The molecule has 0 spiro atoms. The standard InChI is InChI=1S/C9H8ClN5S.C4H8O3/c10-5-1-2-6-8(15-16-14-6)7(5)13-9-11-3-4-12-9;1-2-7-3-4(5)6/h1-2H,3-4H2,(H2,11,12,13);2-3H2,1H3,(H,5,6). The number of nitrogens with one attached hydrogen (secondary N) is 2. The van der Waals surface area contributed by atoms with Gasteiger partial charge in [-0.1, -0.05) is 11.6 Å². The van der Waals surface area contributed by atoms with Crippen LogP contribution in [0.5, 0.6) is 0 Å². The Labute approximate surface area is 141 Å². The van der Waals surface area contributed by atoms with E-state index in [4.69, 9.17) is 16.7 Å². The average molecular weight is 358 g/mol. The number of carboxylic acids is 1. The second kappa shape index (κ2) is 8.61. The van der Waals surface area contributed by atoms with E-state index in [0.29, 0.717) is 11.6 Å². The molecule has 0 radical (unpaired) electrons. The second-order valence-corrected chi connectivity index (χ2v) is 5.30. The van der Waals surface area contributed by atoms with Gasteiger partial charge in [-0.25, -0.2) is 4.79 Å². The minimum Gasteiger partial charge on any atom is -0.480 e. The summed E-state index contributed by atoms with van der Waals surface area (Å²) < 4.78 is 12.9. The minimum absolute atomic E-state index is 0.184. The molecule has 0 bridgehead atoms. The molecular weight excluding hydrogens is 342 g/mol. The molecular formula is C13H16ClN5O3S. The zero-order valence-electron chi connectivity index (χ0n) is 12.4. The number of aliphatic imine (C=N–C) groups is 1. The zero-order chi connectivity index (χ0) is 16.7. The Balaban J connectivity index is 0.000000236. The van der Waals surface area contributed by atoms with Crippen LogP contribution in [-0.2, 0) is 9.53 Å². The highest BCUT2D eigenvalue weighted by Crippen LogP contribution is 2.29. The predicted molar refractivity (Wildman–Crippen MR) is 90.5 cm³/mol. The zero-order valence-corrected chi connectivity index (χ0v) is 13.9. The van der Waals surface area contributed by atoms with Gasteiger partial charge < -0.3 is 20.5 Å². The monoisotopic (exact) mass is 357 g/mol. The molecule has 10 heteroatoms. The normalized spacial score (nSPS) is 13.0. The number of hydrogen-bond acceptors (Lipinski definition) is 8. The van der Waals surface area contributed by atoms with Crippen LogP contribution in [0.25, 0.3) is 11.0 Å². The molecule has 0 atom stereocenters. The van der Waals surface area contributed by atoms with Crippen molar-refractivity contribution in [1.82, 2.24) is 14.1 Å². The number of fused-ring (bicyclic) bond motifs is 1. The number of nitrogens with zero attached hydrogens (tertiary/aromatic N) is 3. The lowest BCUT2D eigenvalue weighted by molar-refractivity contribution is -0.142. The number of benzene rings is 1. The van der Waals surface area contributed by atoms with E-state index in [1.165, 1.54) is 11.7 Å². The van der Waals surface area contributed by atoms with Crippen LogP contribution in [-0.4, -0.2) is 52.1 Å². The van der Waals surface area contributed by atoms with Crippen molar-refractivity contribution in [2.75, 3.05) is 31.6 Å². The third-order valence-corrected chi connectivity index (χ3v) is 3.58. The van der Waals surface area contributed by atoms with Gasteiger partial charge in [-0.3, -0.25) is 4.99 Å². The molecule has 0 unspecified atom stereocenters. The van der Waals surface area contributed by atoms with Crippen molar-refractivity contribution in [2.45, 2.75) is 6.92 Å². The van der Waals surface area contributed by atoms with Crippen molar-refractivity contribution in [3.05, 3.63) is 17.2 Å². The van der Waals surface area contributed by atoms with Crippen LogP contribution in [0, 0.1) is 0 Å². The van der Waals surface area contributed by atoms with Gasteiger partial charge in [0.1, 0.15) is 17.6 Å². The number of halogens is 1. The van der Waals surface area contributed by atoms with Gasteiger partial charge in [0.25, 0.3) is 0 Å². The molecule has 0 aliphatic carbocycles. The molecule has 2 heterocycles. The highest BCUT2D eigenvalue weighted by molar-refractivity contribution is 7.00. The smallest absolute Gasteiger partial charge is 0.329 e.